The van der Waals surface area contributed by atoms with Crippen molar-refractivity contribution in [2.24, 2.45) is 0 Å². The third kappa shape index (κ3) is 3.68. The number of amides is 1. The van der Waals surface area contributed by atoms with Crippen molar-refractivity contribution in [2.75, 3.05) is 27.2 Å². The number of hydrogen-bond acceptors (Lipinski definition) is 5. The first-order valence-electron chi connectivity index (χ1n) is 9.23. The molecule has 0 saturated carbocycles. The highest BCUT2D eigenvalue weighted by Gasteiger charge is 2.46. The molecule has 1 aliphatic rings. The van der Waals surface area contributed by atoms with Crippen molar-refractivity contribution in [1.29, 1.82) is 0 Å². The second-order valence-corrected chi connectivity index (χ2v) is 7.35. The Labute approximate surface area is 165 Å². The summed E-state index contributed by atoms with van der Waals surface area (Å²) in [6, 6.07) is 10.1. The van der Waals surface area contributed by atoms with Crippen molar-refractivity contribution in [3.63, 3.8) is 0 Å². The molecule has 146 valence electrons. The van der Waals surface area contributed by atoms with Gasteiger partial charge < -0.3 is 14.9 Å². The molecule has 1 saturated heterocycles. The Kier molecular flexibility index (Phi) is 5.61. The smallest absolute Gasteiger partial charge is 0.295 e. The molecule has 1 aliphatic heterocycles. The highest BCUT2D eigenvalue weighted by Crippen LogP contribution is 2.38. The molecule has 6 nitrogen and oxygen atoms in total. The van der Waals surface area contributed by atoms with Crippen molar-refractivity contribution < 1.29 is 14.7 Å². The van der Waals surface area contributed by atoms with Crippen LogP contribution in [0.25, 0.3) is 5.76 Å². The van der Waals surface area contributed by atoms with Crippen LogP contribution in [0.15, 0.2) is 48.2 Å². The van der Waals surface area contributed by atoms with Gasteiger partial charge in [-0.3, -0.25) is 14.6 Å². The van der Waals surface area contributed by atoms with E-state index in [1.54, 1.807) is 24.4 Å². The third-order valence-corrected chi connectivity index (χ3v) is 5.08. The minimum Gasteiger partial charge on any atom is -0.507 e. The van der Waals surface area contributed by atoms with Crippen LogP contribution in [0.1, 0.15) is 28.4 Å². The van der Waals surface area contributed by atoms with E-state index >= 15 is 0 Å². The summed E-state index contributed by atoms with van der Waals surface area (Å²) >= 11 is 0. The summed E-state index contributed by atoms with van der Waals surface area (Å²) < 4.78 is 0. The molecule has 2 aromatic rings. The van der Waals surface area contributed by atoms with Gasteiger partial charge in [-0.05, 0) is 57.3 Å². The Morgan fingerprint density at radius 1 is 1.14 bits per heavy atom. The van der Waals surface area contributed by atoms with E-state index in [9.17, 15) is 14.7 Å². The van der Waals surface area contributed by atoms with Gasteiger partial charge in [0.2, 0.25) is 0 Å². The second-order valence-electron chi connectivity index (χ2n) is 7.35. The molecule has 3 rings (SSSR count). The number of benzene rings is 1. The van der Waals surface area contributed by atoms with Gasteiger partial charge >= 0.3 is 0 Å². The van der Waals surface area contributed by atoms with Crippen molar-refractivity contribution in [1.82, 2.24) is 14.8 Å². The topological polar surface area (TPSA) is 73.7 Å². The fourth-order valence-corrected chi connectivity index (χ4v) is 3.31. The lowest BCUT2D eigenvalue weighted by Gasteiger charge is -2.25. The number of aromatic nitrogens is 1. The molecule has 2 heterocycles. The molecule has 1 fully saturated rings. The Morgan fingerprint density at radius 2 is 1.89 bits per heavy atom. The van der Waals surface area contributed by atoms with Crippen LogP contribution >= 0.6 is 0 Å². The minimum absolute atomic E-state index is 0.0886. The lowest BCUT2D eigenvalue weighted by molar-refractivity contribution is -0.140. The number of nitrogens with zero attached hydrogens (tertiary/aromatic N) is 3. The van der Waals surface area contributed by atoms with Crippen LogP contribution in [-0.2, 0) is 9.59 Å². The zero-order valence-electron chi connectivity index (χ0n) is 16.6. The van der Waals surface area contributed by atoms with E-state index in [1.807, 2.05) is 51.0 Å². The number of aliphatic hydroxyl groups excluding tert-OH is 1. The number of likely N-dealkylation sites (tertiary alicyclic amines) is 1. The van der Waals surface area contributed by atoms with E-state index in [0.29, 0.717) is 24.3 Å². The number of ketones is 1. The Hall–Kier alpha value is -2.99. The number of rotatable bonds is 5. The van der Waals surface area contributed by atoms with E-state index in [2.05, 4.69) is 4.98 Å². The molecular weight excluding hydrogens is 354 g/mol. The second kappa shape index (κ2) is 7.94. The van der Waals surface area contributed by atoms with Crippen molar-refractivity contribution in [2.45, 2.75) is 19.9 Å². The maximum Gasteiger partial charge on any atom is 0.295 e. The molecule has 6 heteroatoms. The van der Waals surface area contributed by atoms with Gasteiger partial charge in [-0.15, -0.1) is 0 Å². The van der Waals surface area contributed by atoms with Gasteiger partial charge in [0.25, 0.3) is 11.7 Å². The molecule has 0 bridgehead atoms. The summed E-state index contributed by atoms with van der Waals surface area (Å²) in [6.07, 6.45) is 1.62. The fraction of sp³-hybridized carbons (Fsp3) is 0.318. The van der Waals surface area contributed by atoms with Crippen LogP contribution in [0.5, 0.6) is 0 Å². The molecular formula is C22H25N3O3. The fourth-order valence-electron chi connectivity index (χ4n) is 3.31. The predicted octanol–water partition coefficient (Wildman–Crippen LogP) is 2.68. The Bertz CT molecular complexity index is 935. The highest BCUT2D eigenvalue weighted by molar-refractivity contribution is 6.46. The number of Topliss-reactive ketones (excluding diaryl/α,β-unsaturated/α-hetero) is 1. The van der Waals surface area contributed by atoms with E-state index in [-0.39, 0.29) is 11.3 Å². The lowest BCUT2D eigenvalue weighted by atomic mass is 9.96. The molecule has 28 heavy (non-hydrogen) atoms. The van der Waals surface area contributed by atoms with Crippen LogP contribution in [0.4, 0.5) is 0 Å². The van der Waals surface area contributed by atoms with E-state index < -0.39 is 17.7 Å². The number of likely N-dealkylation sites (N-methyl/N-ethyl adjacent to an activating group) is 1. The summed E-state index contributed by atoms with van der Waals surface area (Å²) in [4.78, 5) is 33.4. The zero-order chi connectivity index (χ0) is 20.4. The molecule has 0 radical (unpaired) electrons. The van der Waals surface area contributed by atoms with Crippen LogP contribution in [0.2, 0.25) is 0 Å². The molecule has 1 N–H and O–H groups in total. The van der Waals surface area contributed by atoms with E-state index in [4.69, 9.17) is 0 Å². The number of carbonyl (C=O) groups excluding carboxylic acids is 2. The number of aryl methyl sites for hydroxylation is 2. The molecule has 1 unspecified atom stereocenters. The molecule has 1 aromatic carbocycles. The summed E-state index contributed by atoms with van der Waals surface area (Å²) in [5.74, 6) is -1.45. The van der Waals surface area contributed by atoms with Crippen molar-refractivity contribution >= 4 is 17.4 Å². The van der Waals surface area contributed by atoms with Gasteiger partial charge in [0.1, 0.15) is 11.8 Å². The predicted molar refractivity (Wildman–Crippen MR) is 108 cm³/mol. The standard InChI is InChI=1S/C22H25N3O3/c1-14-8-9-16(13-15(14)2)20(26)18-19(17-7-5-6-10-23-17)25(12-11-24(3)4)22(28)21(18)27/h5-10,13,19,26H,11-12H2,1-4H3/b20-18-. The Morgan fingerprint density at radius 3 is 2.50 bits per heavy atom. The Balaban J connectivity index is 2.14. The average Bonchev–Trinajstić information content (AvgIpc) is 2.93. The molecule has 1 aromatic heterocycles. The lowest BCUT2D eigenvalue weighted by Crippen LogP contribution is -2.35. The number of aliphatic hydroxyl groups is 1. The normalized spacial score (nSPS) is 18.9. The van der Waals surface area contributed by atoms with E-state index in [1.165, 1.54) is 4.90 Å². The van der Waals surface area contributed by atoms with Gasteiger partial charge in [0.05, 0.1) is 11.3 Å². The molecule has 1 atom stereocenters. The first kappa shape index (κ1) is 19.8. The summed E-state index contributed by atoms with van der Waals surface area (Å²) in [6.45, 7) is 4.88. The maximum absolute atomic E-state index is 12.9. The van der Waals surface area contributed by atoms with E-state index in [0.717, 1.165) is 11.1 Å². The summed E-state index contributed by atoms with van der Waals surface area (Å²) in [7, 11) is 3.81. The number of carbonyl (C=O) groups is 2. The first-order chi connectivity index (χ1) is 13.3. The SMILES string of the molecule is Cc1ccc(/C(O)=C2/C(=O)C(=O)N(CCN(C)C)C2c2ccccn2)cc1C. The van der Waals surface area contributed by atoms with Gasteiger partial charge in [-0.1, -0.05) is 18.2 Å². The van der Waals surface area contributed by atoms with Crippen LogP contribution in [-0.4, -0.2) is 58.8 Å². The largest absolute Gasteiger partial charge is 0.507 e. The van der Waals surface area contributed by atoms with Crippen LogP contribution in [0.3, 0.4) is 0 Å². The molecule has 0 aliphatic carbocycles. The highest BCUT2D eigenvalue weighted by atomic mass is 16.3. The van der Waals surface area contributed by atoms with Gasteiger partial charge in [0.15, 0.2) is 0 Å². The van der Waals surface area contributed by atoms with Gasteiger partial charge in [-0.2, -0.15) is 0 Å². The monoisotopic (exact) mass is 379 g/mol. The molecule has 1 amide bonds. The average molecular weight is 379 g/mol. The quantitative estimate of drug-likeness (QED) is 0.491. The van der Waals surface area contributed by atoms with Gasteiger partial charge in [0, 0.05) is 24.8 Å². The first-order valence-corrected chi connectivity index (χ1v) is 9.23. The summed E-state index contributed by atoms with van der Waals surface area (Å²) in [5, 5.41) is 11.0. The molecule has 0 spiro atoms. The summed E-state index contributed by atoms with van der Waals surface area (Å²) in [5.41, 5.74) is 3.26. The maximum atomic E-state index is 12.9. The van der Waals surface area contributed by atoms with Crippen LogP contribution < -0.4 is 0 Å². The number of pyridine rings is 1. The zero-order valence-corrected chi connectivity index (χ0v) is 16.6. The van der Waals surface area contributed by atoms with Crippen LogP contribution in [0, 0.1) is 13.8 Å². The van der Waals surface area contributed by atoms with Crippen molar-refractivity contribution in [3.8, 4) is 0 Å². The van der Waals surface area contributed by atoms with Crippen molar-refractivity contribution in [3.05, 3.63) is 70.6 Å². The number of hydrogen-bond donors (Lipinski definition) is 1. The minimum atomic E-state index is -0.706. The third-order valence-electron chi connectivity index (χ3n) is 5.08. The van der Waals surface area contributed by atoms with Gasteiger partial charge in [-0.25, -0.2) is 0 Å².